The molecule has 7 nitrogen and oxygen atoms in total. The molecular formula is C20H24N4O3. The number of nitrogens with one attached hydrogen (secondary N) is 4. The number of carbonyl (C=O) groups excluding carboxylic acids is 3. The van der Waals surface area contributed by atoms with Gasteiger partial charge in [-0.25, -0.2) is 0 Å². The maximum Gasteiger partial charge on any atom is 0.257 e. The molecule has 0 aromatic heterocycles. The van der Waals surface area contributed by atoms with Crippen LogP contribution in [0.3, 0.4) is 0 Å². The van der Waals surface area contributed by atoms with Crippen molar-refractivity contribution in [2.45, 2.75) is 26.3 Å². The Bertz CT molecular complexity index is 776. The number of anilines is 1. The summed E-state index contributed by atoms with van der Waals surface area (Å²) in [6.07, 6.45) is 0.0459. The lowest BCUT2D eigenvalue weighted by Crippen LogP contribution is -2.46. The first-order valence-corrected chi connectivity index (χ1v) is 8.68. The molecule has 3 amide bonds. The third-order valence-corrected chi connectivity index (χ3v) is 3.75. The summed E-state index contributed by atoms with van der Waals surface area (Å²) < 4.78 is 0. The topological polar surface area (TPSA) is 99.3 Å². The highest BCUT2D eigenvalue weighted by Crippen LogP contribution is 2.07. The molecule has 0 aliphatic rings. The van der Waals surface area contributed by atoms with E-state index in [1.54, 1.807) is 31.2 Å². The Kier molecular flexibility index (Phi) is 7.37. The Morgan fingerprint density at radius 2 is 1.52 bits per heavy atom. The second kappa shape index (κ2) is 9.96. The Morgan fingerprint density at radius 3 is 2.19 bits per heavy atom. The van der Waals surface area contributed by atoms with E-state index in [-0.39, 0.29) is 36.7 Å². The lowest BCUT2D eigenvalue weighted by Gasteiger charge is -2.14. The van der Waals surface area contributed by atoms with Gasteiger partial charge in [0, 0.05) is 23.7 Å². The Balaban J connectivity index is 1.66. The number of carbonyl (C=O) groups is 3. The first-order valence-electron chi connectivity index (χ1n) is 8.68. The summed E-state index contributed by atoms with van der Waals surface area (Å²) >= 11 is 0. The molecule has 142 valence electrons. The van der Waals surface area contributed by atoms with Crippen LogP contribution in [0.5, 0.6) is 0 Å². The molecule has 2 aromatic carbocycles. The second-order valence-electron chi connectivity index (χ2n) is 6.26. The minimum Gasteiger partial charge on any atom is -0.376 e. The van der Waals surface area contributed by atoms with Crippen LogP contribution in [-0.4, -0.2) is 30.3 Å². The zero-order chi connectivity index (χ0) is 19.6. The van der Waals surface area contributed by atoms with E-state index in [2.05, 4.69) is 21.5 Å². The van der Waals surface area contributed by atoms with E-state index in [1.807, 2.05) is 37.3 Å². The van der Waals surface area contributed by atoms with Crippen LogP contribution in [0, 0.1) is 6.92 Å². The molecule has 0 aliphatic carbocycles. The minimum atomic E-state index is -0.389. The normalized spacial score (nSPS) is 11.2. The summed E-state index contributed by atoms with van der Waals surface area (Å²) in [6.45, 7) is 3.74. The van der Waals surface area contributed by atoms with Gasteiger partial charge in [-0.15, -0.1) is 0 Å². The van der Waals surface area contributed by atoms with E-state index >= 15 is 0 Å². The molecule has 0 fully saturated rings. The predicted molar refractivity (Wildman–Crippen MR) is 104 cm³/mol. The van der Waals surface area contributed by atoms with E-state index in [0.29, 0.717) is 5.56 Å². The molecule has 1 unspecified atom stereocenters. The molecule has 0 heterocycles. The Labute approximate surface area is 158 Å². The zero-order valence-corrected chi connectivity index (χ0v) is 15.4. The largest absolute Gasteiger partial charge is 0.376 e. The van der Waals surface area contributed by atoms with Crippen molar-refractivity contribution in [1.29, 1.82) is 0 Å². The fraction of sp³-hybridized carbons (Fsp3) is 0.250. The number of benzene rings is 2. The molecule has 4 N–H and O–H groups in total. The van der Waals surface area contributed by atoms with Gasteiger partial charge < -0.3 is 10.6 Å². The number of hydrogen-bond donors (Lipinski definition) is 4. The highest BCUT2D eigenvalue weighted by atomic mass is 16.2. The van der Waals surface area contributed by atoms with Crippen LogP contribution in [-0.2, 0) is 9.59 Å². The maximum atomic E-state index is 12.0. The molecule has 0 saturated heterocycles. The summed E-state index contributed by atoms with van der Waals surface area (Å²) in [4.78, 5) is 35.7. The summed E-state index contributed by atoms with van der Waals surface area (Å²) in [5.74, 6) is -1.01. The summed E-state index contributed by atoms with van der Waals surface area (Å²) in [7, 11) is 0. The van der Waals surface area contributed by atoms with Gasteiger partial charge in [0.1, 0.15) is 0 Å². The van der Waals surface area contributed by atoms with Gasteiger partial charge in [-0.2, -0.15) is 0 Å². The average Bonchev–Trinajstić information content (AvgIpc) is 2.66. The van der Waals surface area contributed by atoms with Crippen LogP contribution in [0.1, 0.15) is 29.3 Å². The van der Waals surface area contributed by atoms with Gasteiger partial charge in [0.25, 0.3) is 11.8 Å². The zero-order valence-electron chi connectivity index (χ0n) is 15.4. The molecule has 0 aliphatic heterocycles. The van der Waals surface area contributed by atoms with Crippen LogP contribution in [0.2, 0.25) is 0 Å². The molecule has 0 bridgehead atoms. The molecule has 0 spiro atoms. The van der Waals surface area contributed by atoms with Crippen molar-refractivity contribution < 1.29 is 14.4 Å². The van der Waals surface area contributed by atoms with Crippen LogP contribution in [0.25, 0.3) is 0 Å². The molecule has 7 heteroatoms. The van der Waals surface area contributed by atoms with Crippen LogP contribution in [0.4, 0.5) is 5.69 Å². The molecule has 0 radical (unpaired) electrons. The lowest BCUT2D eigenvalue weighted by molar-refractivity contribution is -0.128. The number of rotatable bonds is 7. The van der Waals surface area contributed by atoms with Crippen molar-refractivity contribution in [2.75, 3.05) is 11.9 Å². The number of hydrogen-bond acceptors (Lipinski definition) is 4. The first kappa shape index (κ1) is 20.0. The third-order valence-electron chi connectivity index (χ3n) is 3.75. The fourth-order valence-electron chi connectivity index (χ4n) is 2.31. The van der Waals surface area contributed by atoms with Gasteiger partial charge in [0.2, 0.25) is 5.91 Å². The second-order valence-corrected chi connectivity index (χ2v) is 6.26. The van der Waals surface area contributed by atoms with Crippen LogP contribution >= 0.6 is 0 Å². The summed E-state index contributed by atoms with van der Waals surface area (Å²) in [5.41, 5.74) is 7.16. The van der Waals surface area contributed by atoms with Crippen molar-refractivity contribution in [3.05, 3.63) is 65.7 Å². The van der Waals surface area contributed by atoms with E-state index < -0.39 is 0 Å². The highest BCUT2D eigenvalue weighted by Gasteiger charge is 2.13. The van der Waals surface area contributed by atoms with Gasteiger partial charge in [-0.1, -0.05) is 35.9 Å². The molecule has 1 atom stereocenters. The standard InChI is InChI=1S/C20H24N4O3/c1-14-8-10-17(11-9-14)21-13-19(26)24-23-18(25)12-15(2)22-20(27)16-6-4-3-5-7-16/h3-11,15,21H,12-13H2,1-2H3,(H,22,27)(H,23,25)(H,24,26). The van der Waals surface area contributed by atoms with Crippen molar-refractivity contribution in [3.63, 3.8) is 0 Å². The predicted octanol–water partition coefficient (Wildman–Crippen LogP) is 1.76. The fourth-order valence-corrected chi connectivity index (χ4v) is 2.31. The van der Waals surface area contributed by atoms with Gasteiger partial charge in [0.05, 0.1) is 6.54 Å². The van der Waals surface area contributed by atoms with Gasteiger partial charge in [-0.05, 0) is 38.1 Å². The molecule has 0 saturated carbocycles. The van der Waals surface area contributed by atoms with Crippen molar-refractivity contribution in [2.24, 2.45) is 0 Å². The van der Waals surface area contributed by atoms with Crippen LogP contribution in [0.15, 0.2) is 54.6 Å². The van der Waals surface area contributed by atoms with Crippen molar-refractivity contribution >= 4 is 23.4 Å². The number of amides is 3. The minimum absolute atomic E-state index is 0.0314. The van der Waals surface area contributed by atoms with E-state index in [4.69, 9.17) is 0 Å². The molecule has 2 rings (SSSR count). The van der Waals surface area contributed by atoms with E-state index in [1.165, 1.54) is 0 Å². The lowest BCUT2D eigenvalue weighted by atomic mass is 10.2. The monoisotopic (exact) mass is 368 g/mol. The summed E-state index contributed by atoms with van der Waals surface area (Å²) in [6, 6.07) is 16.0. The van der Waals surface area contributed by atoms with Gasteiger partial charge >= 0.3 is 0 Å². The first-order chi connectivity index (χ1) is 12.9. The summed E-state index contributed by atoms with van der Waals surface area (Å²) in [5, 5.41) is 5.70. The van der Waals surface area contributed by atoms with Gasteiger partial charge in [-0.3, -0.25) is 25.2 Å². The SMILES string of the molecule is Cc1ccc(NCC(=O)NNC(=O)CC(C)NC(=O)c2ccccc2)cc1. The van der Waals surface area contributed by atoms with E-state index in [9.17, 15) is 14.4 Å². The number of hydrazine groups is 1. The molecular weight excluding hydrogens is 344 g/mol. The number of aryl methyl sites for hydroxylation is 1. The molecule has 27 heavy (non-hydrogen) atoms. The van der Waals surface area contributed by atoms with E-state index in [0.717, 1.165) is 11.3 Å². The van der Waals surface area contributed by atoms with Crippen molar-refractivity contribution in [1.82, 2.24) is 16.2 Å². The van der Waals surface area contributed by atoms with Crippen molar-refractivity contribution in [3.8, 4) is 0 Å². The third kappa shape index (κ3) is 7.19. The Morgan fingerprint density at radius 1 is 0.889 bits per heavy atom. The van der Waals surface area contributed by atoms with Gasteiger partial charge in [0.15, 0.2) is 0 Å². The highest BCUT2D eigenvalue weighted by molar-refractivity contribution is 5.94. The quantitative estimate of drug-likeness (QED) is 0.560. The van der Waals surface area contributed by atoms with Crippen LogP contribution < -0.4 is 21.5 Å². The maximum absolute atomic E-state index is 12.0. The average molecular weight is 368 g/mol. The smallest absolute Gasteiger partial charge is 0.257 e. The molecule has 2 aromatic rings. The Hall–Kier alpha value is -3.35.